The van der Waals surface area contributed by atoms with Crippen LogP contribution in [0.2, 0.25) is 0 Å². The molecule has 1 spiro atoms. The molecule has 1 N–H and O–H groups in total. The summed E-state index contributed by atoms with van der Waals surface area (Å²) in [4.78, 5) is 42.9. The molecule has 1 atom stereocenters. The maximum absolute atomic E-state index is 13.6. The second-order valence-corrected chi connectivity index (χ2v) is 8.76. The van der Waals surface area contributed by atoms with Gasteiger partial charge in [-0.25, -0.2) is 0 Å². The third-order valence-corrected chi connectivity index (χ3v) is 6.54. The first-order valence-corrected chi connectivity index (χ1v) is 11.6. The maximum Gasteiger partial charge on any atom is 0.256 e. The van der Waals surface area contributed by atoms with Crippen molar-refractivity contribution in [1.82, 2.24) is 15.1 Å². The van der Waals surface area contributed by atoms with Gasteiger partial charge in [0.1, 0.15) is 11.8 Å². The fourth-order valence-corrected chi connectivity index (χ4v) is 4.62. The van der Waals surface area contributed by atoms with Gasteiger partial charge < -0.3 is 19.7 Å². The number of likely N-dealkylation sites (tertiary alicyclic amines) is 1. The molecule has 0 radical (unpaired) electrons. The van der Waals surface area contributed by atoms with Crippen molar-refractivity contribution in [2.45, 2.75) is 31.5 Å². The van der Waals surface area contributed by atoms with Gasteiger partial charge in [-0.3, -0.25) is 19.3 Å². The number of rotatable bonds is 6. The zero-order chi connectivity index (χ0) is 24.1. The maximum atomic E-state index is 13.6. The summed E-state index contributed by atoms with van der Waals surface area (Å²) in [7, 11) is 1.57. The molecule has 8 heteroatoms. The Morgan fingerprint density at radius 1 is 1.00 bits per heavy atom. The third-order valence-electron chi connectivity index (χ3n) is 6.54. The summed E-state index contributed by atoms with van der Waals surface area (Å²) < 4.78 is 11.2. The molecule has 2 aliphatic heterocycles. The van der Waals surface area contributed by atoms with Gasteiger partial charge >= 0.3 is 0 Å². The number of nitrogens with zero attached hydrogens (tertiary/aromatic N) is 2. The van der Waals surface area contributed by atoms with Crippen LogP contribution in [0.1, 0.15) is 39.1 Å². The van der Waals surface area contributed by atoms with Crippen LogP contribution in [0.25, 0.3) is 0 Å². The van der Waals surface area contributed by atoms with Gasteiger partial charge in [0, 0.05) is 50.7 Å². The molecular weight excluding hydrogens is 434 g/mol. The van der Waals surface area contributed by atoms with Crippen molar-refractivity contribution in [3.05, 3.63) is 71.3 Å². The number of piperidine rings is 1. The lowest BCUT2D eigenvalue weighted by atomic mass is 9.96. The number of amides is 3. The van der Waals surface area contributed by atoms with Crippen molar-refractivity contribution in [3.63, 3.8) is 0 Å². The Morgan fingerprint density at radius 2 is 1.65 bits per heavy atom. The summed E-state index contributed by atoms with van der Waals surface area (Å²) in [5, 5.41) is 2.83. The van der Waals surface area contributed by atoms with E-state index < -0.39 is 11.8 Å². The molecule has 3 amide bonds. The molecule has 1 unspecified atom stereocenters. The first-order chi connectivity index (χ1) is 16.4. The molecule has 2 aliphatic rings. The van der Waals surface area contributed by atoms with E-state index in [-0.39, 0.29) is 24.3 Å². The number of nitrogens with one attached hydrogen (secondary N) is 1. The van der Waals surface area contributed by atoms with Crippen molar-refractivity contribution < 1.29 is 23.9 Å². The van der Waals surface area contributed by atoms with Gasteiger partial charge in [-0.05, 0) is 31.2 Å². The molecule has 0 saturated carbocycles. The molecule has 2 saturated heterocycles. The van der Waals surface area contributed by atoms with Crippen LogP contribution in [0.4, 0.5) is 0 Å². The summed E-state index contributed by atoms with van der Waals surface area (Å²) in [5.74, 6) is -0.553. The highest BCUT2D eigenvalue weighted by Crippen LogP contribution is 2.38. The standard InChI is InChI=1S/C26H31N3O5/c1-19-8-10-21(11-9-19)24(31)28-15-12-26(13-16-28)29(25(32)20-6-4-3-5-7-20)22(18-34-26)23(30)27-14-17-33-2/h3-11,22H,12-18H2,1-2H3,(H,27,30). The van der Waals surface area contributed by atoms with Crippen molar-refractivity contribution in [2.75, 3.05) is 40.0 Å². The zero-order valence-corrected chi connectivity index (χ0v) is 19.7. The minimum atomic E-state index is -0.930. The molecule has 2 aromatic carbocycles. The summed E-state index contributed by atoms with van der Waals surface area (Å²) in [6.45, 7) is 3.70. The summed E-state index contributed by atoms with van der Waals surface area (Å²) in [6.07, 6.45) is 0.871. The minimum Gasteiger partial charge on any atom is -0.383 e. The topological polar surface area (TPSA) is 88.2 Å². The minimum absolute atomic E-state index is 0.0392. The van der Waals surface area contributed by atoms with E-state index in [1.165, 1.54) is 0 Å². The summed E-state index contributed by atoms with van der Waals surface area (Å²) in [6, 6.07) is 15.7. The number of carbonyl (C=O) groups excluding carboxylic acids is 3. The Bertz CT molecular complexity index is 1020. The lowest BCUT2D eigenvalue weighted by molar-refractivity contribution is -0.128. The first kappa shape index (κ1) is 23.9. The lowest BCUT2D eigenvalue weighted by Gasteiger charge is -2.44. The summed E-state index contributed by atoms with van der Waals surface area (Å²) >= 11 is 0. The van der Waals surface area contributed by atoms with E-state index in [0.29, 0.717) is 50.2 Å². The number of ether oxygens (including phenoxy) is 2. The van der Waals surface area contributed by atoms with Gasteiger partial charge in [0.2, 0.25) is 5.91 Å². The van der Waals surface area contributed by atoms with Crippen LogP contribution in [-0.2, 0) is 14.3 Å². The van der Waals surface area contributed by atoms with E-state index in [1.54, 1.807) is 41.2 Å². The Morgan fingerprint density at radius 3 is 2.29 bits per heavy atom. The molecular formula is C26H31N3O5. The second kappa shape index (κ2) is 10.4. The van der Waals surface area contributed by atoms with E-state index in [1.807, 2.05) is 37.3 Å². The van der Waals surface area contributed by atoms with Crippen LogP contribution < -0.4 is 5.32 Å². The molecule has 0 aromatic heterocycles. The van der Waals surface area contributed by atoms with Crippen molar-refractivity contribution in [2.24, 2.45) is 0 Å². The molecule has 2 heterocycles. The SMILES string of the molecule is COCCNC(=O)C1COC2(CCN(C(=O)c3ccc(C)cc3)CC2)N1C(=O)c1ccccc1. The van der Waals surface area contributed by atoms with Gasteiger partial charge in [0.25, 0.3) is 11.8 Å². The molecule has 0 aliphatic carbocycles. The number of aryl methyl sites for hydroxylation is 1. The number of hydrogen-bond acceptors (Lipinski definition) is 5. The predicted molar refractivity (Wildman–Crippen MR) is 126 cm³/mol. The van der Waals surface area contributed by atoms with Crippen LogP contribution in [0, 0.1) is 6.92 Å². The number of hydrogen-bond donors (Lipinski definition) is 1. The first-order valence-electron chi connectivity index (χ1n) is 11.6. The fourth-order valence-electron chi connectivity index (χ4n) is 4.62. The Labute approximate surface area is 199 Å². The highest BCUT2D eigenvalue weighted by atomic mass is 16.5. The fraction of sp³-hybridized carbons (Fsp3) is 0.423. The van der Waals surface area contributed by atoms with E-state index in [0.717, 1.165) is 5.56 Å². The van der Waals surface area contributed by atoms with Crippen LogP contribution in [0.3, 0.4) is 0 Å². The second-order valence-electron chi connectivity index (χ2n) is 8.76. The molecule has 2 aromatic rings. The van der Waals surface area contributed by atoms with Crippen LogP contribution in [-0.4, -0.2) is 79.2 Å². The average molecular weight is 466 g/mol. The van der Waals surface area contributed by atoms with Crippen LogP contribution >= 0.6 is 0 Å². The molecule has 180 valence electrons. The molecule has 2 fully saturated rings. The van der Waals surface area contributed by atoms with E-state index in [2.05, 4.69) is 5.32 Å². The van der Waals surface area contributed by atoms with Crippen molar-refractivity contribution >= 4 is 17.7 Å². The highest BCUT2D eigenvalue weighted by Gasteiger charge is 2.54. The Hall–Kier alpha value is -3.23. The van der Waals surface area contributed by atoms with Crippen LogP contribution in [0.5, 0.6) is 0 Å². The largest absolute Gasteiger partial charge is 0.383 e. The molecule has 8 nitrogen and oxygen atoms in total. The Kier molecular flexibility index (Phi) is 7.29. The normalized spacial score (nSPS) is 19.3. The Balaban J connectivity index is 1.53. The van der Waals surface area contributed by atoms with E-state index in [9.17, 15) is 14.4 Å². The van der Waals surface area contributed by atoms with Gasteiger partial charge in [-0.15, -0.1) is 0 Å². The summed E-state index contributed by atoms with van der Waals surface area (Å²) in [5.41, 5.74) is 1.31. The van der Waals surface area contributed by atoms with E-state index in [4.69, 9.17) is 9.47 Å². The van der Waals surface area contributed by atoms with Gasteiger partial charge in [-0.1, -0.05) is 35.9 Å². The monoisotopic (exact) mass is 465 g/mol. The smallest absolute Gasteiger partial charge is 0.256 e. The highest BCUT2D eigenvalue weighted by molar-refractivity contribution is 5.98. The average Bonchev–Trinajstić information content (AvgIpc) is 3.23. The molecule has 4 rings (SSSR count). The van der Waals surface area contributed by atoms with Gasteiger partial charge in [0.05, 0.1) is 13.2 Å². The zero-order valence-electron chi connectivity index (χ0n) is 19.7. The number of methoxy groups -OCH3 is 1. The quantitative estimate of drug-likeness (QED) is 0.661. The van der Waals surface area contributed by atoms with Crippen molar-refractivity contribution in [1.29, 1.82) is 0 Å². The van der Waals surface area contributed by atoms with E-state index >= 15 is 0 Å². The number of benzene rings is 2. The number of carbonyl (C=O) groups is 3. The third kappa shape index (κ3) is 4.83. The lowest BCUT2D eigenvalue weighted by Crippen LogP contribution is -2.60. The molecule has 34 heavy (non-hydrogen) atoms. The van der Waals surface area contributed by atoms with Crippen molar-refractivity contribution in [3.8, 4) is 0 Å². The van der Waals surface area contributed by atoms with Gasteiger partial charge in [-0.2, -0.15) is 0 Å². The van der Waals surface area contributed by atoms with Gasteiger partial charge in [0.15, 0.2) is 0 Å². The molecule has 0 bridgehead atoms. The van der Waals surface area contributed by atoms with Crippen LogP contribution in [0.15, 0.2) is 54.6 Å². The predicted octanol–water partition coefficient (Wildman–Crippen LogP) is 2.23.